The van der Waals surface area contributed by atoms with Gasteiger partial charge in [0.1, 0.15) is 11.5 Å². The third-order valence-electron chi connectivity index (χ3n) is 5.39. The fourth-order valence-electron chi connectivity index (χ4n) is 3.62. The number of benzene rings is 3. The first-order valence-corrected chi connectivity index (χ1v) is 11.5. The Morgan fingerprint density at radius 3 is 2.56 bits per heavy atom. The predicted molar refractivity (Wildman–Crippen MR) is 134 cm³/mol. The number of ether oxygens (including phenoxy) is 2. The molecule has 0 aromatic heterocycles. The number of anilines is 3. The van der Waals surface area contributed by atoms with Crippen LogP contribution in [-0.2, 0) is 4.79 Å². The van der Waals surface area contributed by atoms with Gasteiger partial charge in [0.15, 0.2) is 6.61 Å². The summed E-state index contributed by atoms with van der Waals surface area (Å²) >= 11 is 5.88. The van der Waals surface area contributed by atoms with Crippen molar-refractivity contribution in [3.8, 4) is 11.5 Å². The van der Waals surface area contributed by atoms with Crippen LogP contribution in [0.4, 0.5) is 21.9 Å². The number of hydrogen-bond acceptors (Lipinski definition) is 4. The molecule has 176 valence electrons. The molecule has 3 aromatic rings. The summed E-state index contributed by atoms with van der Waals surface area (Å²) in [6, 6.07) is 19.6. The van der Waals surface area contributed by atoms with Crippen LogP contribution in [0.15, 0.2) is 66.7 Å². The Kier molecular flexibility index (Phi) is 7.54. The van der Waals surface area contributed by atoms with E-state index in [4.69, 9.17) is 21.1 Å². The van der Waals surface area contributed by atoms with Crippen LogP contribution in [0.5, 0.6) is 11.5 Å². The number of para-hydroxylation sites is 1. The standard InChI is InChI=1S/C26H26ClN3O4/c1-18-6-2-3-7-23(18)33-15-5-4-14-30-22-16-21(12-13-24(22)34-17-25(30)31)29-26(32)28-20-10-8-19(27)9-11-20/h2-3,6-13,16H,4-5,14-15,17H2,1H3,(H2,28,29,32). The number of fused-ring (bicyclic) bond motifs is 1. The second kappa shape index (κ2) is 10.9. The Morgan fingerprint density at radius 2 is 1.76 bits per heavy atom. The molecule has 3 aromatic carbocycles. The molecule has 0 aliphatic carbocycles. The van der Waals surface area contributed by atoms with Gasteiger partial charge >= 0.3 is 6.03 Å². The molecule has 1 aliphatic heterocycles. The monoisotopic (exact) mass is 479 g/mol. The number of carbonyl (C=O) groups is 2. The van der Waals surface area contributed by atoms with Crippen molar-refractivity contribution in [1.29, 1.82) is 0 Å². The van der Waals surface area contributed by atoms with Crippen molar-refractivity contribution in [3.05, 3.63) is 77.3 Å². The van der Waals surface area contributed by atoms with Gasteiger partial charge in [0.25, 0.3) is 5.91 Å². The third kappa shape index (κ3) is 5.99. The van der Waals surface area contributed by atoms with Gasteiger partial charge in [-0.3, -0.25) is 4.79 Å². The summed E-state index contributed by atoms with van der Waals surface area (Å²) < 4.78 is 11.4. The van der Waals surface area contributed by atoms with Gasteiger partial charge in [0, 0.05) is 22.9 Å². The molecule has 0 bridgehead atoms. The van der Waals surface area contributed by atoms with Gasteiger partial charge < -0.3 is 25.0 Å². The molecular weight excluding hydrogens is 454 g/mol. The summed E-state index contributed by atoms with van der Waals surface area (Å²) in [5.74, 6) is 1.37. The number of halogens is 1. The summed E-state index contributed by atoms with van der Waals surface area (Å²) in [5, 5.41) is 6.13. The van der Waals surface area contributed by atoms with Crippen LogP contribution in [0.25, 0.3) is 0 Å². The van der Waals surface area contributed by atoms with E-state index in [-0.39, 0.29) is 12.5 Å². The molecule has 0 unspecified atom stereocenters. The van der Waals surface area contributed by atoms with Gasteiger partial charge in [0.2, 0.25) is 0 Å². The number of aryl methyl sites for hydroxylation is 1. The Morgan fingerprint density at radius 1 is 1.03 bits per heavy atom. The first-order valence-electron chi connectivity index (χ1n) is 11.1. The van der Waals surface area contributed by atoms with Crippen molar-refractivity contribution in [2.75, 3.05) is 35.3 Å². The van der Waals surface area contributed by atoms with E-state index in [1.54, 1.807) is 47.4 Å². The Bertz CT molecular complexity index is 1170. The summed E-state index contributed by atoms with van der Waals surface area (Å²) in [7, 11) is 0. The number of hydrogen-bond donors (Lipinski definition) is 2. The predicted octanol–water partition coefficient (Wildman–Crippen LogP) is 5.88. The molecular formula is C26H26ClN3O4. The fraction of sp³-hybridized carbons (Fsp3) is 0.231. The minimum atomic E-state index is -0.398. The van der Waals surface area contributed by atoms with Crippen molar-refractivity contribution < 1.29 is 19.1 Å². The Hall–Kier alpha value is -3.71. The molecule has 1 aliphatic rings. The molecule has 34 heavy (non-hydrogen) atoms. The average molecular weight is 480 g/mol. The highest BCUT2D eigenvalue weighted by atomic mass is 35.5. The van der Waals surface area contributed by atoms with E-state index in [0.717, 1.165) is 24.2 Å². The molecule has 0 saturated carbocycles. The van der Waals surface area contributed by atoms with Crippen LogP contribution in [-0.4, -0.2) is 31.7 Å². The van der Waals surface area contributed by atoms with Crippen LogP contribution in [0, 0.1) is 6.92 Å². The topological polar surface area (TPSA) is 79.9 Å². The second-order valence-electron chi connectivity index (χ2n) is 7.92. The maximum absolute atomic E-state index is 12.5. The molecule has 0 radical (unpaired) electrons. The molecule has 0 atom stereocenters. The van der Waals surface area contributed by atoms with E-state index in [1.165, 1.54) is 0 Å². The molecule has 2 N–H and O–H groups in total. The number of nitrogens with zero attached hydrogens (tertiary/aromatic N) is 1. The lowest BCUT2D eigenvalue weighted by Crippen LogP contribution is -2.39. The molecule has 3 amide bonds. The first kappa shape index (κ1) is 23.4. The number of carbonyl (C=O) groups excluding carboxylic acids is 2. The maximum atomic E-state index is 12.5. The van der Waals surface area contributed by atoms with Crippen LogP contribution < -0.4 is 25.0 Å². The molecule has 1 heterocycles. The van der Waals surface area contributed by atoms with Crippen LogP contribution in [0.1, 0.15) is 18.4 Å². The highest BCUT2D eigenvalue weighted by Crippen LogP contribution is 2.35. The zero-order chi connectivity index (χ0) is 23.9. The normalized spacial score (nSPS) is 12.5. The van der Waals surface area contributed by atoms with Gasteiger partial charge in [-0.05, 0) is 73.9 Å². The van der Waals surface area contributed by atoms with E-state index < -0.39 is 6.03 Å². The molecule has 0 spiro atoms. The van der Waals surface area contributed by atoms with Crippen molar-refractivity contribution in [2.45, 2.75) is 19.8 Å². The second-order valence-corrected chi connectivity index (χ2v) is 8.36. The van der Waals surface area contributed by atoms with E-state index in [0.29, 0.717) is 41.0 Å². The number of unbranched alkanes of at least 4 members (excludes halogenated alkanes) is 1. The highest BCUT2D eigenvalue weighted by molar-refractivity contribution is 6.30. The summed E-state index contributed by atoms with van der Waals surface area (Å²) in [5.41, 5.74) is 2.91. The largest absolute Gasteiger partial charge is 0.493 e. The maximum Gasteiger partial charge on any atom is 0.323 e. The van der Waals surface area contributed by atoms with Crippen molar-refractivity contribution >= 4 is 40.6 Å². The van der Waals surface area contributed by atoms with Gasteiger partial charge in [-0.2, -0.15) is 0 Å². The van der Waals surface area contributed by atoms with E-state index in [9.17, 15) is 9.59 Å². The average Bonchev–Trinajstić information content (AvgIpc) is 2.82. The Labute approximate surface area is 203 Å². The van der Waals surface area contributed by atoms with Crippen molar-refractivity contribution in [1.82, 2.24) is 0 Å². The smallest absolute Gasteiger partial charge is 0.323 e. The minimum absolute atomic E-state index is 0.00343. The lowest BCUT2D eigenvalue weighted by molar-refractivity contribution is -0.121. The fourth-order valence-corrected chi connectivity index (χ4v) is 3.75. The molecule has 8 heteroatoms. The van der Waals surface area contributed by atoms with Crippen molar-refractivity contribution in [3.63, 3.8) is 0 Å². The number of amides is 3. The highest BCUT2D eigenvalue weighted by Gasteiger charge is 2.25. The van der Waals surface area contributed by atoms with Crippen LogP contribution >= 0.6 is 11.6 Å². The van der Waals surface area contributed by atoms with Crippen LogP contribution in [0.3, 0.4) is 0 Å². The first-order chi connectivity index (χ1) is 16.5. The van der Waals surface area contributed by atoms with E-state index in [1.807, 2.05) is 31.2 Å². The molecule has 4 rings (SSSR count). The molecule has 0 fully saturated rings. The number of urea groups is 1. The molecule has 7 nitrogen and oxygen atoms in total. The quantitative estimate of drug-likeness (QED) is 0.395. The minimum Gasteiger partial charge on any atom is -0.493 e. The van der Waals surface area contributed by atoms with Gasteiger partial charge in [0.05, 0.1) is 12.3 Å². The Balaban J connectivity index is 1.34. The lowest BCUT2D eigenvalue weighted by atomic mass is 10.2. The SMILES string of the molecule is Cc1ccccc1OCCCCN1C(=O)COc2ccc(NC(=O)Nc3ccc(Cl)cc3)cc21. The van der Waals surface area contributed by atoms with E-state index >= 15 is 0 Å². The van der Waals surface area contributed by atoms with Gasteiger partial charge in [-0.15, -0.1) is 0 Å². The summed E-state index contributed by atoms with van der Waals surface area (Å²) in [6.45, 7) is 3.12. The molecule has 0 saturated heterocycles. The van der Waals surface area contributed by atoms with Gasteiger partial charge in [-0.25, -0.2) is 4.79 Å². The van der Waals surface area contributed by atoms with Crippen molar-refractivity contribution in [2.24, 2.45) is 0 Å². The van der Waals surface area contributed by atoms with E-state index in [2.05, 4.69) is 10.6 Å². The number of nitrogens with one attached hydrogen (secondary N) is 2. The third-order valence-corrected chi connectivity index (χ3v) is 5.64. The van der Waals surface area contributed by atoms with Crippen LogP contribution in [0.2, 0.25) is 5.02 Å². The number of rotatable bonds is 8. The zero-order valence-electron chi connectivity index (χ0n) is 18.8. The zero-order valence-corrected chi connectivity index (χ0v) is 19.6. The summed E-state index contributed by atoms with van der Waals surface area (Å²) in [6.07, 6.45) is 1.57. The lowest BCUT2D eigenvalue weighted by Gasteiger charge is -2.30. The summed E-state index contributed by atoms with van der Waals surface area (Å²) in [4.78, 5) is 26.6. The van der Waals surface area contributed by atoms with Gasteiger partial charge in [-0.1, -0.05) is 29.8 Å².